The molecule has 128 valence electrons. The van der Waals surface area contributed by atoms with Crippen LogP contribution in [0.5, 0.6) is 0 Å². The first-order valence-electron chi connectivity index (χ1n) is 7.59. The number of halogens is 3. The number of H-pyrrole nitrogens is 1. The number of amides is 1. The number of carbonyl (C=O) groups excluding carboxylic acids is 1. The second-order valence-corrected chi connectivity index (χ2v) is 5.75. The van der Waals surface area contributed by atoms with Crippen LogP contribution in [0.4, 0.5) is 14.5 Å². The predicted molar refractivity (Wildman–Crippen MR) is 92.7 cm³/mol. The molecule has 3 aromatic rings. The second-order valence-electron chi connectivity index (χ2n) is 5.34. The Kier molecular flexibility index (Phi) is 4.81. The van der Waals surface area contributed by atoms with Crippen molar-refractivity contribution in [2.75, 3.05) is 5.32 Å². The fourth-order valence-electron chi connectivity index (χ4n) is 2.45. The molecule has 1 aromatic heterocycles. The highest BCUT2D eigenvalue weighted by atomic mass is 35.5. The van der Waals surface area contributed by atoms with Gasteiger partial charge in [0.15, 0.2) is 11.6 Å². The molecule has 4 nitrogen and oxygen atoms in total. The van der Waals surface area contributed by atoms with Gasteiger partial charge >= 0.3 is 0 Å². The lowest BCUT2D eigenvalue weighted by molar-refractivity contribution is 0.102. The van der Waals surface area contributed by atoms with E-state index in [0.29, 0.717) is 39.6 Å². The topological polar surface area (TPSA) is 57.8 Å². The first kappa shape index (κ1) is 17.1. The lowest BCUT2D eigenvalue weighted by Crippen LogP contribution is -2.13. The quantitative estimate of drug-likeness (QED) is 0.699. The van der Waals surface area contributed by atoms with Crippen molar-refractivity contribution in [2.24, 2.45) is 0 Å². The molecule has 0 bridgehead atoms. The number of rotatable bonds is 4. The maximum absolute atomic E-state index is 13.5. The molecule has 7 heteroatoms. The molecule has 0 aliphatic heterocycles. The third-order valence-corrected chi connectivity index (χ3v) is 4.07. The maximum atomic E-state index is 13.5. The molecule has 2 aromatic carbocycles. The molecule has 0 aliphatic rings. The van der Waals surface area contributed by atoms with Crippen LogP contribution in [0.25, 0.3) is 11.3 Å². The van der Waals surface area contributed by atoms with Crippen molar-refractivity contribution in [3.63, 3.8) is 0 Å². The van der Waals surface area contributed by atoms with Crippen molar-refractivity contribution in [1.29, 1.82) is 0 Å². The number of aromatic nitrogens is 2. The molecule has 1 heterocycles. The van der Waals surface area contributed by atoms with Gasteiger partial charge in [-0.25, -0.2) is 8.78 Å². The number of aryl methyl sites for hydroxylation is 1. The monoisotopic (exact) mass is 361 g/mol. The van der Waals surface area contributed by atoms with Crippen LogP contribution in [0.15, 0.2) is 42.5 Å². The van der Waals surface area contributed by atoms with Crippen LogP contribution in [0.3, 0.4) is 0 Å². The van der Waals surface area contributed by atoms with Gasteiger partial charge < -0.3 is 5.32 Å². The minimum atomic E-state index is -0.984. The van der Waals surface area contributed by atoms with E-state index in [-0.39, 0.29) is 0 Å². The summed E-state index contributed by atoms with van der Waals surface area (Å²) in [6.07, 6.45) is 0.564. The normalized spacial score (nSPS) is 10.7. The Bertz CT molecular complexity index is 940. The fourth-order valence-corrected chi connectivity index (χ4v) is 2.67. The summed E-state index contributed by atoms with van der Waals surface area (Å²) in [6, 6.07) is 10.1. The molecule has 1 amide bonds. The van der Waals surface area contributed by atoms with Gasteiger partial charge in [0.1, 0.15) is 5.69 Å². The van der Waals surface area contributed by atoms with Crippen molar-refractivity contribution in [1.82, 2.24) is 10.2 Å². The van der Waals surface area contributed by atoms with Crippen molar-refractivity contribution in [3.05, 3.63) is 70.4 Å². The number of nitrogens with zero attached hydrogens (tertiary/aromatic N) is 1. The average molecular weight is 362 g/mol. The Labute approximate surface area is 147 Å². The SMILES string of the molecule is CCc1[nH]nc(-c2ccc(F)c(F)c2)c1NC(=O)c1ccccc1Cl. The van der Waals surface area contributed by atoms with E-state index in [1.165, 1.54) is 6.07 Å². The zero-order chi connectivity index (χ0) is 18.0. The van der Waals surface area contributed by atoms with Crippen molar-refractivity contribution in [2.45, 2.75) is 13.3 Å². The number of benzene rings is 2. The highest BCUT2D eigenvalue weighted by molar-refractivity contribution is 6.34. The molecule has 0 radical (unpaired) electrons. The highest BCUT2D eigenvalue weighted by Gasteiger charge is 2.19. The van der Waals surface area contributed by atoms with E-state index in [2.05, 4.69) is 15.5 Å². The molecule has 3 rings (SSSR count). The third kappa shape index (κ3) is 3.39. The van der Waals surface area contributed by atoms with Crippen LogP contribution in [0.1, 0.15) is 23.0 Å². The van der Waals surface area contributed by atoms with Gasteiger partial charge in [0.05, 0.1) is 22.0 Å². The van der Waals surface area contributed by atoms with Gasteiger partial charge in [-0.05, 0) is 36.8 Å². The largest absolute Gasteiger partial charge is 0.318 e. The standard InChI is InChI=1S/C18H14ClF2N3O/c1-2-15-17(22-18(25)11-5-3-4-6-12(11)19)16(24-23-15)10-7-8-13(20)14(21)9-10/h3-9H,2H2,1H3,(H,22,25)(H,23,24). The molecule has 0 unspecified atom stereocenters. The van der Waals surface area contributed by atoms with Crippen LogP contribution in [0.2, 0.25) is 5.02 Å². The maximum Gasteiger partial charge on any atom is 0.257 e. The fraction of sp³-hybridized carbons (Fsp3) is 0.111. The number of hydrogen-bond acceptors (Lipinski definition) is 2. The Balaban J connectivity index is 2.01. The van der Waals surface area contributed by atoms with Gasteiger partial charge in [-0.1, -0.05) is 30.7 Å². The third-order valence-electron chi connectivity index (χ3n) is 3.74. The van der Waals surface area contributed by atoms with Crippen LogP contribution in [0, 0.1) is 11.6 Å². The zero-order valence-electron chi connectivity index (χ0n) is 13.2. The van der Waals surface area contributed by atoms with Crippen LogP contribution < -0.4 is 5.32 Å². The van der Waals surface area contributed by atoms with Crippen molar-refractivity contribution < 1.29 is 13.6 Å². The van der Waals surface area contributed by atoms with Crippen LogP contribution in [-0.2, 0) is 6.42 Å². The summed E-state index contributed by atoms with van der Waals surface area (Å²) in [5, 5.41) is 10.0. The van der Waals surface area contributed by atoms with E-state index in [1.54, 1.807) is 24.3 Å². The summed E-state index contributed by atoms with van der Waals surface area (Å²) >= 11 is 6.05. The summed E-state index contributed by atoms with van der Waals surface area (Å²) in [6.45, 7) is 1.88. The Morgan fingerprint density at radius 2 is 1.96 bits per heavy atom. The van der Waals surface area contributed by atoms with E-state index in [4.69, 9.17) is 11.6 Å². The van der Waals surface area contributed by atoms with Gasteiger partial charge in [0.25, 0.3) is 5.91 Å². The van der Waals surface area contributed by atoms with Gasteiger partial charge in [-0.2, -0.15) is 5.10 Å². The second kappa shape index (κ2) is 7.03. The van der Waals surface area contributed by atoms with Gasteiger partial charge in [0, 0.05) is 5.56 Å². The zero-order valence-corrected chi connectivity index (χ0v) is 14.0. The molecular weight excluding hydrogens is 348 g/mol. The number of anilines is 1. The molecule has 0 fully saturated rings. The Morgan fingerprint density at radius 3 is 2.64 bits per heavy atom. The Hall–Kier alpha value is -2.73. The summed E-state index contributed by atoms with van der Waals surface area (Å²) in [4.78, 5) is 12.5. The summed E-state index contributed by atoms with van der Waals surface area (Å²) in [5.74, 6) is -2.34. The van der Waals surface area contributed by atoms with E-state index in [9.17, 15) is 13.6 Å². The van der Waals surface area contributed by atoms with E-state index in [0.717, 1.165) is 12.1 Å². The van der Waals surface area contributed by atoms with Gasteiger partial charge in [0.2, 0.25) is 0 Å². The van der Waals surface area contributed by atoms with E-state index < -0.39 is 17.5 Å². The molecule has 0 aliphatic carbocycles. The highest BCUT2D eigenvalue weighted by Crippen LogP contribution is 2.31. The minimum Gasteiger partial charge on any atom is -0.318 e. The van der Waals surface area contributed by atoms with Gasteiger partial charge in [-0.15, -0.1) is 0 Å². The van der Waals surface area contributed by atoms with Crippen molar-refractivity contribution >= 4 is 23.2 Å². The average Bonchev–Trinajstić information content (AvgIpc) is 3.00. The summed E-state index contributed by atoms with van der Waals surface area (Å²) in [7, 11) is 0. The number of aromatic amines is 1. The lowest BCUT2D eigenvalue weighted by atomic mass is 10.1. The summed E-state index contributed by atoms with van der Waals surface area (Å²) < 4.78 is 26.7. The molecular formula is C18H14ClF2N3O. The minimum absolute atomic E-state index is 0.309. The molecule has 2 N–H and O–H groups in total. The number of hydrogen-bond donors (Lipinski definition) is 2. The lowest BCUT2D eigenvalue weighted by Gasteiger charge is -2.09. The molecule has 0 saturated heterocycles. The van der Waals surface area contributed by atoms with Crippen LogP contribution in [-0.4, -0.2) is 16.1 Å². The van der Waals surface area contributed by atoms with Gasteiger partial charge in [-0.3, -0.25) is 9.89 Å². The first-order chi connectivity index (χ1) is 12.0. The predicted octanol–water partition coefficient (Wildman–Crippen LogP) is 4.82. The number of nitrogens with one attached hydrogen (secondary N) is 2. The molecule has 0 spiro atoms. The van der Waals surface area contributed by atoms with Crippen LogP contribution >= 0.6 is 11.6 Å². The van der Waals surface area contributed by atoms with E-state index in [1.807, 2.05) is 6.92 Å². The smallest absolute Gasteiger partial charge is 0.257 e. The molecule has 25 heavy (non-hydrogen) atoms. The first-order valence-corrected chi connectivity index (χ1v) is 7.97. The number of carbonyl (C=O) groups is 1. The molecule has 0 saturated carbocycles. The molecule has 0 atom stereocenters. The summed E-state index contributed by atoms with van der Waals surface area (Å²) in [5.41, 5.74) is 2.07. The van der Waals surface area contributed by atoms with E-state index >= 15 is 0 Å². The Morgan fingerprint density at radius 1 is 1.20 bits per heavy atom. The van der Waals surface area contributed by atoms with Crippen molar-refractivity contribution in [3.8, 4) is 11.3 Å².